The van der Waals surface area contributed by atoms with E-state index in [4.69, 9.17) is 5.73 Å². The number of nitrogens with two attached hydrogens (primary N) is 1. The molecule has 2 atom stereocenters. The van der Waals surface area contributed by atoms with E-state index in [0.717, 1.165) is 38.5 Å². The molecule has 26 heavy (non-hydrogen) atoms. The summed E-state index contributed by atoms with van der Waals surface area (Å²) in [5.74, 6) is 0.523. The van der Waals surface area contributed by atoms with Crippen LogP contribution in [0.2, 0.25) is 0 Å². The first-order chi connectivity index (χ1) is 12.0. The van der Waals surface area contributed by atoms with Crippen LogP contribution in [0.1, 0.15) is 48.9 Å². The average Bonchev–Trinajstić information content (AvgIpc) is 3.45. The molecule has 0 aromatic heterocycles. The minimum atomic E-state index is -3.57. The van der Waals surface area contributed by atoms with E-state index in [1.807, 2.05) is 0 Å². The van der Waals surface area contributed by atoms with Crippen LogP contribution in [0.25, 0.3) is 0 Å². The van der Waals surface area contributed by atoms with Gasteiger partial charge in [-0.2, -0.15) is 0 Å². The molecule has 1 amide bonds. The Morgan fingerprint density at radius 3 is 2.58 bits per heavy atom. The Morgan fingerprint density at radius 1 is 1.15 bits per heavy atom. The highest BCUT2D eigenvalue weighted by Gasteiger charge is 2.27. The lowest BCUT2D eigenvalue weighted by Crippen LogP contribution is -2.44. The minimum absolute atomic E-state index is 0. The first-order valence-corrected chi connectivity index (χ1v) is 10.6. The summed E-state index contributed by atoms with van der Waals surface area (Å²) in [5, 5.41) is 3.04. The quantitative estimate of drug-likeness (QED) is 0.650. The summed E-state index contributed by atoms with van der Waals surface area (Å²) in [7, 11) is -3.57. The van der Waals surface area contributed by atoms with E-state index in [2.05, 4.69) is 10.0 Å². The zero-order valence-corrected chi connectivity index (χ0v) is 16.4. The summed E-state index contributed by atoms with van der Waals surface area (Å²) in [6.07, 6.45) is 6.34. The van der Waals surface area contributed by atoms with Crippen LogP contribution in [0, 0.1) is 11.8 Å². The molecule has 1 aromatic carbocycles. The summed E-state index contributed by atoms with van der Waals surface area (Å²) < 4.78 is 27.4. The SMILES string of the molecule is Cl.NCC1CCCCC1NC(=O)c1cccc(S(=O)(=O)NCC2CC2)c1. The fraction of sp³-hybridized carbons (Fsp3) is 0.611. The maximum atomic E-state index is 12.6. The fourth-order valence-electron chi connectivity index (χ4n) is 3.37. The van der Waals surface area contributed by atoms with E-state index in [-0.39, 0.29) is 29.3 Å². The van der Waals surface area contributed by atoms with Crippen LogP contribution in [-0.2, 0) is 10.0 Å². The van der Waals surface area contributed by atoms with Crippen molar-refractivity contribution in [1.82, 2.24) is 10.0 Å². The number of halogens is 1. The van der Waals surface area contributed by atoms with Gasteiger partial charge in [0, 0.05) is 18.2 Å². The maximum absolute atomic E-state index is 12.6. The summed E-state index contributed by atoms with van der Waals surface area (Å²) in [6, 6.07) is 6.30. The van der Waals surface area contributed by atoms with Gasteiger partial charge in [-0.15, -0.1) is 12.4 Å². The van der Waals surface area contributed by atoms with E-state index in [9.17, 15) is 13.2 Å². The second-order valence-corrected chi connectivity index (χ2v) is 8.95. The van der Waals surface area contributed by atoms with Crippen molar-refractivity contribution in [2.45, 2.75) is 49.5 Å². The van der Waals surface area contributed by atoms with Crippen LogP contribution >= 0.6 is 12.4 Å². The molecule has 2 aliphatic rings. The van der Waals surface area contributed by atoms with Gasteiger partial charge in [0.05, 0.1) is 4.90 Å². The average molecular weight is 402 g/mol. The monoisotopic (exact) mass is 401 g/mol. The molecule has 6 nitrogen and oxygen atoms in total. The number of sulfonamides is 1. The van der Waals surface area contributed by atoms with Gasteiger partial charge in [0.2, 0.25) is 10.0 Å². The van der Waals surface area contributed by atoms with Gasteiger partial charge in [0.15, 0.2) is 0 Å². The van der Waals surface area contributed by atoms with Crippen LogP contribution in [0.3, 0.4) is 0 Å². The van der Waals surface area contributed by atoms with Gasteiger partial charge in [-0.05, 0) is 62.3 Å². The Labute approximate surface area is 161 Å². The second kappa shape index (κ2) is 9.17. The minimum Gasteiger partial charge on any atom is -0.349 e. The molecule has 2 saturated carbocycles. The second-order valence-electron chi connectivity index (χ2n) is 7.18. The van der Waals surface area contributed by atoms with Crippen LogP contribution < -0.4 is 15.8 Å². The van der Waals surface area contributed by atoms with Crippen LogP contribution in [0.15, 0.2) is 29.2 Å². The third-order valence-corrected chi connectivity index (χ3v) is 6.62. The molecular formula is C18H28ClN3O3S. The highest BCUT2D eigenvalue weighted by Crippen LogP contribution is 2.28. The van der Waals surface area contributed by atoms with Gasteiger partial charge in [-0.25, -0.2) is 13.1 Å². The lowest BCUT2D eigenvalue weighted by molar-refractivity contribution is 0.0908. The van der Waals surface area contributed by atoms with Gasteiger partial charge >= 0.3 is 0 Å². The predicted molar refractivity (Wildman–Crippen MR) is 104 cm³/mol. The molecule has 2 aliphatic carbocycles. The lowest BCUT2D eigenvalue weighted by atomic mass is 9.84. The Hall–Kier alpha value is -1.15. The first kappa shape index (κ1) is 21.2. The molecule has 3 rings (SSSR count). The summed E-state index contributed by atoms with van der Waals surface area (Å²) >= 11 is 0. The van der Waals surface area contributed by atoms with Gasteiger partial charge in [-0.1, -0.05) is 18.9 Å². The van der Waals surface area contributed by atoms with Gasteiger partial charge in [0.1, 0.15) is 0 Å². The van der Waals surface area contributed by atoms with E-state index in [0.29, 0.717) is 30.5 Å². The fourth-order valence-corrected chi connectivity index (χ4v) is 4.53. The van der Waals surface area contributed by atoms with Crippen molar-refractivity contribution in [3.8, 4) is 0 Å². The molecule has 146 valence electrons. The molecule has 0 saturated heterocycles. The Bertz CT molecular complexity index is 722. The summed E-state index contributed by atoms with van der Waals surface area (Å²) in [5.41, 5.74) is 6.18. The first-order valence-electron chi connectivity index (χ1n) is 9.10. The molecule has 0 bridgehead atoms. The molecule has 0 heterocycles. The zero-order valence-electron chi connectivity index (χ0n) is 14.8. The maximum Gasteiger partial charge on any atom is 0.251 e. The molecule has 8 heteroatoms. The molecule has 4 N–H and O–H groups in total. The van der Waals surface area contributed by atoms with E-state index in [1.54, 1.807) is 12.1 Å². The highest BCUT2D eigenvalue weighted by atomic mass is 35.5. The van der Waals surface area contributed by atoms with Gasteiger partial charge in [0.25, 0.3) is 5.91 Å². The largest absolute Gasteiger partial charge is 0.349 e. The number of carbonyl (C=O) groups is 1. The molecule has 2 fully saturated rings. The van der Waals surface area contributed by atoms with E-state index >= 15 is 0 Å². The molecule has 2 unspecified atom stereocenters. The number of amides is 1. The molecule has 1 aromatic rings. The van der Waals surface area contributed by atoms with Crippen molar-refractivity contribution < 1.29 is 13.2 Å². The van der Waals surface area contributed by atoms with Crippen molar-refractivity contribution in [2.24, 2.45) is 17.6 Å². The van der Waals surface area contributed by atoms with Crippen molar-refractivity contribution in [3.05, 3.63) is 29.8 Å². The number of hydrogen-bond acceptors (Lipinski definition) is 4. The van der Waals surface area contributed by atoms with Crippen molar-refractivity contribution >= 4 is 28.3 Å². The highest BCUT2D eigenvalue weighted by molar-refractivity contribution is 7.89. The van der Waals surface area contributed by atoms with Crippen molar-refractivity contribution in [3.63, 3.8) is 0 Å². The Morgan fingerprint density at radius 2 is 1.88 bits per heavy atom. The summed E-state index contributed by atoms with van der Waals surface area (Å²) in [6.45, 7) is 1.03. The molecule has 0 radical (unpaired) electrons. The summed E-state index contributed by atoms with van der Waals surface area (Å²) in [4.78, 5) is 12.7. The topological polar surface area (TPSA) is 101 Å². The van der Waals surface area contributed by atoms with E-state index in [1.165, 1.54) is 12.1 Å². The zero-order chi connectivity index (χ0) is 17.9. The predicted octanol–water partition coefficient (Wildman–Crippen LogP) is 2.04. The standard InChI is InChI=1S/C18H27N3O3S.ClH/c19-11-15-4-1-2-7-17(15)21-18(22)14-5-3-6-16(10-14)25(23,24)20-12-13-8-9-13;/h3,5-6,10,13,15,17,20H,1-2,4,7-9,11-12,19H2,(H,21,22);1H. The third-order valence-electron chi connectivity index (χ3n) is 5.19. The third kappa shape index (κ3) is 5.42. The smallest absolute Gasteiger partial charge is 0.251 e. The Balaban J connectivity index is 0.00000243. The van der Waals surface area contributed by atoms with Crippen LogP contribution in [0.4, 0.5) is 0 Å². The van der Waals surface area contributed by atoms with Crippen molar-refractivity contribution in [1.29, 1.82) is 0 Å². The van der Waals surface area contributed by atoms with Gasteiger partial charge < -0.3 is 11.1 Å². The number of nitrogens with one attached hydrogen (secondary N) is 2. The number of benzene rings is 1. The van der Waals surface area contributed by atoms with Gasteiger partial charge in [-0.3, -0.25) is 4.79 Å². The Kier molecular flexibility index (Phi) is 7.46. The van der Waals surface area contributed by atoms with Crippen LogP contribution in [-0.4, -0.2) is 33.5 Å². The molecule has 0 aliphatic heterocycles. The number of carbonyl (C=O) groups excluding carboxylic acids is 1. The van der Waals surface area contributed by atoms with Crippen molar-refractivity contribution in [2.75, 3.05) is 13.1 Å². The normalized spacial score (nSPS) is 23.1. The molecular weight excluding hydrogens is 374 g/mol. The number of hydrogen-bond donors (Lipinski definition) is 3. The lowest BCUT2D eigenvalue weighted by Gasteiger charge is -2.31. The molecule has 0 spiro atoms. The van der Waals surface area contributed by atoms with E-state index < -0.39 is 10.0 Å². The van der Waals surface area contributed by atoms with Crippen LogP contribution in [0.5, 0.6) is 0 Å². The number of rotatable bonds is 7.